The zero-order valence-corrected chi connectivity index (χ0v) is 14.5. The highest BCUT2D eigenvalue weighted by atomic mass is 32.1. The van der Waals surface area contributed by atoms with Gasteiger partial charge in [0, 0.05) is 12.5 Å². The minimum absolute atomic E-state index is 0.142. The third-order valence-corrected chi connectivity index (χ3v) is 4.12. The SMILES string of the molecule is CCOC(=O)Cc1csc(CNC(=O)[C@H](OC)c2ccccc2)n1. The Labute approximate surface area is 144 Å². The van der Waals surface area contributed by atoms with Crippen LogP contribution in [0.15, 0.2) is 35.7 Å². The molecule has 0 bridgehead atoms. The molecule has 1 heterocycles. The first-order chi connectivity index (χ1) is 11.6. The summed E-state index contributed by atoms with van der Waals surface area (Å²) < 4.78 is 10.2. The van der Waals surface area contributed by atoms with Crippen LogP contribution in [0.2, 0.25) is 0 Å². The molecule has 1 atom stereocenters. The van der Waals surface area contributed by atoms with Crippen molar-refractivity contribution in [3.63, 3.8) is 0 Å². The Morgan fingerprint density at radius 1 is 1.29 bits per heavy atom. The Balaban J connectivity index is 1.89. The van der Waals surface area contributed by atoms with Crippen molar-refractivity contribution >= 4 is 23.2 Å². The van der Waals surface area contributed by atoms with E-state index in [-0.39, 0.29) is 18.3 Å². The smallest absolute Gasteiger partial charge is 0.311 e. The van der Waals surface area contributed by atoms with Crippen LogP contribution in [-0.2, 0) is 32.0 Å². The summed E-state index contributed by atoms with van der Waals surface area (Å²) in [5.74, 6) is -0.534. The van der Waals surface area contributed by atoms with Crippen LogP contribution < -0.4 is 5.32 Å². The van der Waals surface area contributed by atoms with E-state index in [0.717, 1.165) is 10.6 Å². The average Bonchev–Trinajstić information content (AvgIpc) is 3.02. The van der Waals surface area contributed by atoms with Crippen molar-refractivity contribution < 1.29 is 19.1 Å². The van der Waals surface area contributed by atoms with Crippen molar-refractivity contribution in [2.45, 2.75) is 26.0 Å². The van der Waals surface area contributed by atoms with E-state index in [9.17, 15) is 9.59 Å². The van der Waals surface area contributed by atoms with Crippen molar-refractivity contribution in [2.75, 3.05) is 13.7 Å². The van der Waals surface area contributed by atoms with E-state index in [4.69, 9.17) is 9.47 Å². The standard InChI is InChI=1S/C17H20N2O4S/c1-3-23-15(20)9-13-11-24-14(19-13)10-18-17(21)16(22-2)12-7-5-4-6-8-12/h4-8,11,16H,3,9-10H2,1-2H3,(H,18,21)/t16-/m1/s1. The normalized spacial score (nSPS) is 11.8. The summed E-state index contributed by atoms with van der Waals surface area (Å²) in [6, 6.07) is 9.28. The first-order valence-electron chi connectivity index (χ1n) is 7.58. The van der Waals surface area contributed by atoms with Gasteiger partial charge in [-0.3, -0.25) is 9.59 Å². The van der Waals surface area contributed by atoms with Crippen molar-refractivity contribution in [1.82, 2.24) is 10.3 Å². The summed E-state index contributed by atoms with van der Waals surface area (Å²) >= 11 is 1.39. The second-order valence-corrected chi connectivity index (χ2v) is 5.90. The van der Waals surface area contributed by atoms with Gasteiger partial charge < -0.3 is 14.8 Å². The van der Waals surface area contributed by atoms with E-state index in [2.05, 4.69) is 10.3 Å². The Kier molecular flexibility index (Phi) is 6.89. The molecule has 0 aliphatic rings. The van der Waals surface area contributed by atoms with Crippen molar-refractivity contribution in [2.24, 2.45) is 0 Å². The van der Waals surface area contributed by atoms with Crippen LogP contribution >= 0.6 is 11.3 Å². The number of carbonyl (C=O) groups is 2. The maximum Gasteiger partial charge on any atom is 0.311 e. The Bertz CT molecular complexity index is 672. The average molecular weight is 348 g/mol. The number of hydrogen-bond acceptors (Lipinski definition) is 6. The van der Waals surface area contributed by atoms with Gasteiger partial charge in [0.2, 0.25) is 0 Å². The minimum Gasteiger partial charge on any atom is -0.466 e. The third-order valence-electron chi connectivity index (χ3n) is 3.22. The number of nitrogens with zero attached hydrogens (tertiary/aromatic N) is 1. The lowest BCUT2D eigenvalue weighted by Gasteiger charge is -2.15. The van der Waals surface area contributed by atoms with Gasteiger partial charge in [-0.15, -0.1) is 11.3 Å². The van der Waals surface area contributed by atoms with E-state index in [1.54, 1.807) is 12.3 Å². The van der Waals surface area contributed by atoms with Crippen LogP contribution in [0.4, 0.5) is 0 Å². The number of thiazole rings is 1. The maximum atomic E-state index is 12.3. The Morgan fingerprint density at radius 3 is 2.71 bits per heavy atom. The monoisotopic (exact) mass is 348 g/mol. The number of methoxy groups -OCH3 is 1. The Morgan fingerprint density at radius 2 is 2.04 bits per heavy atom. The molecule has 0 radical (unpaired) electrons. The molecule has 1 aromatic carbocycles. The van der Waals surface area contributed by atoms with Gasteiger partial charge in [-0.2, -0.15) is 0 Å². The van der Waals surface area contributed by atoms with Crippen molar-refractivity contribution in [3.05, 3.63) is 52.0 Å². The molecule has 0 aliphatic heterocycles. The topological polar surface area (TPSA) is 77.5 Å². The van der Waals surface area contributed by atoms with E-state index in [1.807, 2.05) is 30.3 Å². The molecule has 24 heavy (non-hydrogen) atoms. The van der Waals surface area contributed by atoms with Crippen LogP contribution in [0, 0.1) is 0 Å². The lowest BCUT2D eigenvalue weighted by molar-refractivity contribution is -0.142. The number of ether oxygens (including phenoxy) is 2. The highest BCUT2D eigenvalue weighted by Gasteiger charge is 2.19. The summed E-state index contributed by atoms with van der Waals surface area (Å²) in [4.78, 5) is 28.0. The molecular formula is C17H20N2O4S. The van der Waals surface area contributed by atoms with Gasteiger partial charge in [0.05, 0.1) is 25.3 Å². The van der Waals surface area contributed by atoms with Crippen LogP contribution in [0.3, 0.4) is 0 Å². The Hall–Kier alpha value is -2.25. The highest BCUT2D eigenvalue weighted by molar-refractivity contribution is 7.09. The third kappa shape index (κ3) is 5.14. The number of hydrogen-bond donors (Lipinski definition) is 1. The predicted molar refractivity (Wildman–Crippen MR) is 90.5 cm³/mol. The molecule has 0 saturated carbocycles. The van der Waals surface area contributed by atoms with Crippen LogP contribution in [0.5, 0.6) is 0 Å². The fourth-order valence-electron chi connectivity index (χ4n) is 2.15. The molecule has 7 heteroatoms. The number of amides is 1. The molecule has 1 N–H and O–H groups in total. The van der Waals surface area contributed by atoms with Crippen LogP contribution in [0.25, 0.3) is 0 Å². The van der Waals surface area contributed by atoms with E-state index in [1.165, 1.54) is 18.4 Å². The molecule has 0 aliphatic carbocycles. The zero-order chi connectivity index (χ0) is 17.4. The summed E-state index contributed by atoms with van der Waals surface area (Å²) in [5.41, 5.74) is 1.44. The van der Waals surface area contributed by atoms with Gasteiger partial charge in [0.25, 0.3) is 5.91 Å². The molecule has 0 spiro atoms. The molecule has 2 aromatic rings. The second-order valence-electron chi connectivity index (χ2n) is 4.96. The zero-order valence-electron chi connectivity index (χ0n) is 13.7. The van der Waals surface area contributed by atoms with Gasteiger partial charge in [0.15, 0.2) is 6.10 Å². The molecule has 1 aromatic heterocycles. The number of carbonyl (C=O) groups excluding carboxylic acids is 2. The lowest BCUT2D eigenvalue weighted by Crippen LogP contribution is -2.29. The summed E-state index contributed by atoms with van der Waals surface area (Å²) in [6.07, 6.45) is -0.520. The molecule has 0 unspecified atom stereocenters. The van der Waals surface area contributed by atoms with Gasteiger partial charge in [0.1, 0.15) is 5.01 Å². The van der Waals surface area contributed by atoms with E-state index < -0.39 is 6.10 Å². The predicted octanol–water partition coefficient (Wildman–Crippen LogP) is 2.25. The second kappa shape index (κ2) is 9.14. The molecule has 0 fully saturated rings. The highest BCUT2D eigenvalue weighted by Crippen LogP contribution is 2.17. The van der Waals surface area contributed by atoms with Gasteiger partial charge in [-0.1, -0.05) is 30.3 Å². The fraction of sp³-hybridized carbons (Fsp3) is 0.353. The largest absolute Gasteiger partial charge is 0.466 e. The summed E-state index contributed by atoms with van der Waals surface area (Å²) in [6.45, 7) is 2.40. The molecule has 2 rings (SSSR count). The van der Waals surface area contributed by atoms with E-state index in [0.29, 0.717) is 18.8 Å². The minimum atomic E-state index is -0.662. The first-order valence-corrected chi connectivity index (χ1v) is 8.46. The first kappa shape index (κ1) is 18.1. The maximum absolute atomic E-state index is 12.3. The van der Waals surface area contributed by atoms with Crippen LogP contribution in [0.1, 0.15) is 29.3 Å². The fourth-order valence-corrected chi connectivity index (χ4v) is 2.88. The lowest BCUT2D eigenvalue weighted by atomic mass is 10.1. The number of benzene rings is 1. The summed E-state index contributed by atoms with van der Waals surface area (Å²) in [7, 11) is 1.50. The number of esters is 1. The van der Waals surface area contributed by atoms with Crippen molar-refractivity contribution in [1.29, 1.82) is 0 Å². The van der Waals surface area contributed by atoms with Crippen LogP contribution in [-0.4, -0.2) is 30.6 Å². The van der Waals surface area contributed by atoms with Gasteiger partial charge >= 0.3 is 5.97 Å². The number of rotatable bonds is 8. The molecule has 128 valence electrons. The molecule has 1 amide bonds. The molecule has 0 saturated heterocycles. The quantitative estimate of drug-likeness (QED) is 0.741. The number of aromatic nitrogens is 1. The molecular weight excluding hydrogens is 328 g/mol. The number of nitrogens with one attached hydrogen (secondary N) is 1. The van der Waals surface area contributed by atoms with Gasteiger partial charge in [-0.25, -0.2) is 4.98 Å². The summed E-state index contributed by atoms with van der Waals surface area (Å²) in [5, 5.41) is 5.33. The van der Waals surface area contributed by atoms with Crippen molar-refractivity contribution in [3.8, 4) is 0 Å². The van der Waals surface area contributed by atoms with E-state index >= 15 is 0 Å². The molecule has 6 nitrogen and oxygen atoms in total. The van der Waals surface area contributed by atoms with Gasteiger partial charge in [-0.05, 0) is 12.5 Å².